The highest BCUT2D eigenvalue weighted by Gasteiger charge is 2.34. The van der Waals surface area contributed by atoms with Crippen molar-refractivity contribution in [2.24, 2.45) is 0 Å². The molecule has 1 saturated heterocycles. The van der Waals surface area contributed by atoms with Crippen molar-refractivity contribution in [3.05, 3.63) is 54.1 Å². The van der Waals surface area contributed by atoms with Crippen molar-refractivity contribution in [2.45, 2.75) is 17.9 Å². The molecule has 0 radical (unpaired) electrons. The molecule has 1 atom stereocenters. The summed E-state index contributed by atoms with van der Waals surface area (Å²) < 4.78 is 59.2. The summed E-state index contributed by atoms with van der Waals surface area (Å²) in [5.74, 6) is -1.02. The number of ether oxygens (including phenoxy) is 1. The van der Waals surface area contributed by atoms with Gasteiger partial charge in [-0.2, -0.15) is 4.31 Å². The Bertz CT molecular complexity index is 905. The topological polar surface area (TPSA) is 49.9 Å². The molecule has 0 bridgehead atoms. The van der Waals surface area contributed by atoms with E-state index in [9.17, 15) is 17.2 Å². The molecule has 0 spiro atoms. The molecule has 1 fully saturated rings. The summed E-state index contributed by atoms with van der Waals surface area (Å²) in [6.07, 6.45) is 0. The second kappa shape index (κ2) is 7.20. The molecule has 2 aromatic carbocycles. The van der Waals surface area contributed by atoms with Gasteiger partial charge >= 0.3 is 0 Å². The zero-order chi connectivity index (χ0) is 18.9. The molecule has 26 heavy (non-hydrogen) atoms. The van der Waals surface area contributed by atoms with E-state index >= 15 is 0 Å². The summed E-state index contributed by atoms with van der Waals surface area (Å²) in [5, 5.41) is 0. The van der Waals surface area contributed by atoms with E-state index in [2.05, 4.69) is 4.90 Å². The number of sulfonamides is 1. The molecule has 2 aromatic rings. The Kier molecular flexibility index (Phi) is 5.15. The van der Waals surface area contributed by atoms with Crippen molar-refractivity contribution in [3.8, 4) is 5.75 Å². The van der Waals surface area contributed by atoms with Gasteiger partial charge in [-0.3, -0.25) is 0 Å². The molecule has 0 amide bonds. The Hall–Kier alpha value is -2.19. The van der Waals surface area contributed by atoms with Crippen LogP contribution in [0.1, 0.15) is 6.92 Å². The van der Waals surface area contributed by atoms with Crippen molar-refractivity contribution in [3.63, 3.8) is 0 Å². The van der Waals surface area contributed by atoms with Crippen LogP contribution in [0.3, 0.4) is 0 Å². The first-order valence-electron chi connectivity index (χ1n) is 8.19. The molecule has 1 aliphatic heterocycles. The lowest BCUT2D eigenvalue weighted by Gasteiger charge is -2.40. The molecule has 0 saturated carbocycles. The molecule has 0 aromatic heterocycles. The highest BCUT2D eigenvalue weighted by Crippen LogP contribution is 2.28. The van der Waals surface area contributed by atoms with Gasteiger partial charge in [-0.15, -0.1) is 0 Å². The molecule has 0 N–H and O–H groups in total. The van der Waals surface area contributed by atoms with E-state index in [4.69, 9.17) is 4.74 Å². The number of nitrogens with zero attached hydrogens (tertiary/aromatic N) is 2. The van der Waals surface area contributed by atoms with Crippen LogP contribution in [0.15, 0.2) is 47.4 Å². The highest BCUT2D eigenvalue weighted by atomic mass is 32.2. The number of methoxy groups -OCH3 is 1. The second-order valence-electron chi connectivity index (χ2n) is 6.18. The van der Waals surface area contributed by atoms with Gasteiger partial charge in [-0.1, -0.05) is 6.07 Å². The lowest BCUT2D eigenvalue weighted by Crippen LogP contribution is -2.53. The van der Waals surface area contributed by atoms with Crippen LogP contribution in [0.2, 0.25) is 0 Å². The highest BCUT2D eigenvalue weighted by molar-refractivity contribution is 7.89. The van der Waals surface area contributed by atoms with Crippen molar-refractivity contribution in [2.75, 3.05) is 31.6 Å². The SMILES string of the molecule is COc1cccc(N2CCN(S(=O)(=O)c3cc(F)ccc3F)C[C@@H]2C)c1. The lowest BCUT2D eigenvalue weighted by atomic mass is 10.1. The summed E-state index contributed by atoms with van der Waals surface area (Å²) in [4.78, 5) is 1.44. The molecule has 8 heteroatoms. The van der Waals surface area contributed by atoms with E-state index in [0.29, 0.717) is 12.3 Å². The van der Waals surface area contributed by atoms with Crippen molar-refractivity contribution in [1.82, 2.24) is 4.31 Å². The van der Waals surface area contributed by atoms with E-state index in [0.717, 1.165) is 23.9 Å². The van der Waals surface area contributed by atoms with Crippen LogP contribution in [0.4, 0.5) is 14.5 Å². The number of hydrogen-bond donors (Lipinski definition) is 0. The minimum absolute atomic E-state index is 0.137. The number of halogens is 2. The molecule has 3 rings (SSSR count). The van der Waals surface area contributed by atoms with Crippen LogP contribution in [0.25, 0.3) is 0 Å². The molecular weight excluding hydrogens is 362 g/mol. The fourth-order valence-corrected chi connectivity index (χ4v) is 4.72. The average Bonchev–Trinajstić information content (AvgIpc) is 2.63. The second-order valence-corrected chi connectivity index (χ2v) is 8.09. The Labute approximate surface area is 151 Å². The van der Waals surface area contributed by atoms with Crippen LogP contribution in [-0.2, 0) is 10.0 Å². The number of rotatable bonds is 4. The molecule has 5 nitrogen and oxygen atoms in total. The van der Waals surface area contributed by atoms with E-state index in [-0.39, 0.29) is 19.1 Å². The summed E-state index contributed by atoms with van der Waals surface area (Å²) in [7, 11) is -2.52. The van der Waals surface area contributed by atoms with Crippen LogP contribution in [-0.4, -0.2) is 45.5 Å². The monoisotopic (exact) mass is 382 g/mol. The van der Waals surface area contributed by atoms with Gasteiger partial charge in [0, 0.05) is 37.4 Å². The van der Waals surface area contributed by atoms with Gasteiger partial charge in [-0.05, 0) is 37.3 Å². The summed E-state index contributed by atoms with van der Waals surface area (Å²) in [6, 6.07) is 9.83. The third kappa shape index (κ3) is 3.52. The zero-order valence-corrected chi connectivity index (χ0v) is 15.3. The lowest BCUT2D eigenvalue weighted by molar-refractivity contribution is 0.340. The Morgan fingerprint density at radius 2 is 1.88 bits per heavy atom. The van der Waals surface area contributed by atoms with Gasteiger partial charge in [0.25, 0.3) is 0 Å². The molecule has 1 aliphatic rings. The van der Waals surface area contributed by atoms with Crippen LogP contribution >= 0.6 is 0 Å². The van der Waals surface area contributed by atoms with Crippen LogP contribution < -0.4 is 9.64 Å². The van der Waals surface area contributed by atoms with E-state index in [1.165, 1.54) is 4.31 Å². The van der Waals surface area contributed by atoms with E-state index in [1.807, 2.05) is 31.2 Å². The summed E-state index contributed by atoms with van der Waals surface area (Å²) in [5.41, 5.74) is 0.922. The molecule has 140 valence electrons. The molecule has 0 unspecified atom stereocenters. The van der Waals surface area contributed by atoms with Gasteiger partial charge in [0.15, 0.2) is 0 Å². The Balaban J connectivity index is 1.82. The summed E-state index contributed by atoms with van der Waals surface area (Å²) >= 11 is 0. The molecule has 1 heterocycles. The predicted molar refractivity (Wildman–Crippen MR) is 94.9 cm³/mol. The number of piperazine rings is 1. The van der Waals surface area contributed by atoms with Gasteiger partial charge in [0.05, 0.1) is 7.11 Å². The Morgan fingerprint density at radius 1 is 1.12 bits per heavy atom. The van der Waals surface area contributed by atoms with Gasteiger partial charge in [0.2, 0.25) is 10.0 Å². The number of benzene rings is 2. The van der Waals surface area contributed by atoms with Crippen LogP contribution in [0, 0.1) is 11.6 Å². The van der Waals surface area contributed by atoms with Crippen molar-refractivity contribution in [1.29, 1.82) is 0 Å². The first kappa shape index (κ1) is 18.6. The first-order valence-corrected chi connectivity index (χ1v) is 9.63. The minimum atomic E-state index is -4.10. The normalized spacial score (nSPS) is 18.8. The van der Waals surface area contributed by atoms with Gasteiger partial charge < -0.3 is 9.64 Å². The summed E-state index contributed by atoms with van der Waals surface area (Å²) in [6.45, 7) is 2.68. The van der Waals surface area contributed by atoms with Crippen molar-refractivity contribution >= 4 is 15.7 Å². The maximum absolute atomic E-state index is 13.9. The molecular formula is C18H20F2N2O3S. The quantitative estimate of drug-likeness (QED) is 0.816. The first-order chi connectivity index (χ1) is 12.3. The molecule has 0 aliphatic carbocycles. The standard InChI is InChI=1S/C18H20F2N2O3S/c1-13-12-21(26(23,24)18-10-14(19)6-7-17(18)20)8-9-22(13)15-4-3-5-16(11-15)25-2/h3-7,10-11,13H,8-9,12H2,1-2H3/t13-/m0/s1. The van der Waals surface area contributed by atoms with Gasteiger partial charge in [0.1, 0.15) is 22.3 Å². The largest absolute Gasteiger partial charge is 0.497 e. The predicted octanol–water partition coefficient (Wildman–Crippen LogP) is 2.87. The number of hydrogen-bond acceptors (Lipinski definition) is 4. The van der Waals surface area contributed by atoms with Crippen molar-refractivity contribution < 1.29 is 21.9 Å². The minimum Gasteiger partial charge on any atom is -0.497 e. The zero-order valence-electron chi connectivity index (χ0n) is 14.5. The maximum atomic E-state index is 13.9. The third-order valence-electron chi connectivity index (χ3n) is 4.49. The van der Waals surface area contributed by atoms with E-state index in [1.54, 1.807) is 7.11 Å². The fourth-order valence-electron chi connectivity index (χ4n) is 3.13. The average molecular weight is 382 g/mol. The van der Waals surface area contributed by atoms with E-state index < -0.39 is 26.6 Å². The number of anilines is 1. The van der Waals surface area contributed by atoms with Crippen LogP contribution in [0.5, 0.6) is 5.75 Å². The fraction of sp³-hybridized carbons (Fsp3) is 0.333. The maximum Gasteiger partial charge on any atom is 0.246 e. The third-order valence-corrected chi connectivity index (χ3v) is 6.37. The Morgan fingerprint density at radius 3 is 2.58 bits per heavy atom. The van der Waals surface area contributed by atoms with Gasteiger partial charge in [-0.25, -0.2) is 17.2 Å². The smallest absolute Gasteiger partial charge is 0.246 e.